The highest BCUT2D eigenvalue weighted by Gasteiger charge is 2.11. The van der Waals surface area contributed by atoms with Crippen LogP contribution < -0.4 is 9.47 Å². The molecule has 0 aliphatic rings. The van der Waals surface area contributed by atoms with Gasteiger partial charge >= 0.3 is 0 Å². The fraction of sp³-hybridized carbons (Fsp3) is 0.118. The van der Waals surface area contributed by atoms with E-state index in [1.165, 1.54) is 6.21 Å². The number of hydrogen-bond donors (Lipinski definition) is 1. The van der Waals surface area contributed by atoms with Gasteiger partial charge < -0.3 is 14.7 Å². The zero-order valence-corrected chi connectivity index (χ0v) is 13.0. The average Bonchev–Trinajstić information content (AvgIpc) is 2.59. The quantitative estimate of drug-likeness (QED) is 0.388. The molecule has 0 radical (unpaired) electrons. The van der Waals surface area contributed by atoms with Gasteiger partial charge in [0, 0.05) is 5.57 Å². The van der Waals surface area contributed by atoms with Crippen molar-refractivity contribution < 1.29 is 14.7 Å². The van der Waals surface area contributed by atoms with Crippen LogP contribution in [0.2, 0.25) is 0 Å². The summed E-state index contributed by atoms with van der Waals surface area (Å²) in [7, 11) is 3.13. The number of halogens is 1. The summed E-state index contributed by atoms with van der Waals surface area (Å²) in [6, 6.07) is 14.8. The summed E-state index contributed by atoms with van der Waals surface area (Å²) in [6.07, 6.45) is 1.31. The molecule has 0 aromatic heterocycles. The van der Waals surface area contributed by atoms with Crippen LogP contribution >= 0.6 is 11.6 Å². The second kappa shape index (κ2) is 7.52. The normalized spacial score (nSPS) is 12.1. The van der Waals surface area contributed by atoms with Crippen molar-refractivity contribution in [3.8, 4) is 11.5 Å². The standard InChI is InChI=1S/C17H16ClNO3/c1-21-15-9-8-13(10-16(15)22-2)17(18)14(11-19-20)12-6-4-3-5-7-12/h3-11,20H,1-2H3. The second-order valence-electron chi connectivity index (χ2n) is 4.41. The number of rotatable bonds is 5. The number of benzene rings is 2. The summed E-state index contributed by atoms with van der Waals surface area (Å²) in [6.45, 7) is 0. The number of allylic oxidation sites excluding steroid dienone is 1. The van der Waals surface area contributed by atoms with Crippen molar-refractivity contribution in [3.63, 3.8) is 0 Å². The Labute approximate surface area is 134 Å². The van der Waals surface area contributed by atoms with Crippen LogP contribution in [0.25, 0.3) is 10.6 Å². The van der Waals surface area contributed by atoms with Crippen molar-refractivity contribution in [1.29, 1.82) is 0 Å². The van der Waals surface area contributed by atoms with Crippen LogP contribution in [-0.4, -0.2) is 25.6 Å². The summed E-state index contributed by atoms with van der Waals surface area (Å²) in [5, 5.41) is 12.5. The fourth-order valence-corrected chi connectivity index (χ4v) is 2.34. The van der Waals surface area contributed by atoms with Crippen LogP contribution in [-0.2, 0) is 0 Å². The molecule has 114 valence electrons. The molecule has 0 unspecified atom stereocenters. The van der Waals surface area contributed by atoms with Gasteiger partial charge in [0.2, 0.25) is 0 Å². The Morgan fingerprint density at radius 1 is 1.00 bits per heavy atom. The Hall–Kier alpha value is -2.46. The third kappa shape index (κ3) is 3.40. The van der Waals surface area contributed by atoms with E-state index in [9.17, 15) is 0 Å². The Kier molecular flexibility index (Phi) is 5.44. The van der Waals surface area contributed by atoms with Crippen molar-refractivity contribution >= 4 is 28.4 Å². The van der Waals surface area contributed by atoms with Crippen LogP contribution in [0.3, 0.4) is 0 Å². The van der Waals surface area contributed by atoms with Crippen LogP contribution in [0.4, 0.5) is 0 Å². The van der Waals surface area contributed by atoms with E-state index in [1.54, 1.807) is 26.4 Å². The molecule has 0 spiro atoms. The molecule has 0 fully saturated rings. The van der Waals surface area contributed by atoms with Gasteiger partial charge in [-0.05, 0) is 29.3 Å². The minimum atomic E-state index is 0.449. The molecule has 0 aliphatic carbocycles. The molecular formula is C17H16ClNO3. The molecule has 0 amide bonds. The largest absolute Gasteiger partial charge is 0.493 e. The van der Waals surface area contributed by atoms with E-state index in [-0.39, 0.29) is 0 Å². The van der Waals surface area contributed by atoms with Gasteiger partial charge in [0.25, 0.3) is 0 Å². The predicted octanol–water partition coefficient (Wildman–Crippen LogP) is 4.27. The third-order valence-electron chi connectivity index (χ3n) is 3.15. The molecule has 0 heterocycles. The molecule has 4 nitrogen and oxygen atoms in total. The van der Waals surface area contributed by atoms with Crippen molar-refractivity contribution in [3.05, 3.63) is 59.7 Å². The second-order valence-corrected chi connectivity index (χ2v) is 4.79. The van der Waals surface area contributed by atoms with E-state index in [0.29, 0.717) is 22.1 Å². The van der Waals surface area contributed by atoms with Crippen molar-refractivity contribution in [2.24, 2.45) is 5.16 Å². The van der Waals surface area contributed by atoms with Gasteiger partial charge in [0.15, 0.2) is 11.5 Å². The van der Waals surface area contributed by atoms with E-state index < -0.39 is 0 Å². The molecule has 0 bridgehead atoms. The number of methoxy groups -OCH3 is 2. The highest BCUT2D eigenvalue weighted by atomic mass is 35.5. The third-order valence-corrected chi connectivity index (χ3v) is 3.57. The fourth-order valence-electron chi connectivity index (χ4n) is 2.06. The van der Waals surface area contributed by atoms with Gasteiger partial charge in [-0.2, -0.15) is 0 Å². The van der Waals surface area contributed by atoms with E-state index >= 15 is 0 Å². The lowest BCUT2D eigenvalue weighted by Crippen LogP contribution is -1.94. The van der Waals surface area contributed by atoms with Gasteiger partial charge in [-0.1, -0.05) is 47.1 Å². The van der Waals surface area contributed by atoms with Crippen LogP contribution in [0, 0.1) is 0 Å². The van der Waals surface area contributed by atoms with Crippen molar-refractivity contribution in [2.75, 3.05) is 14.2 Å². The van der Waals surface area contributed by atoms with Gasteiger partial charge in [-0.3, -0.25) is 0 Å². The molecule has 0 atom stereocenters. The van der Waals surface area contributed by atoms with E-state index in [0.717, 1.165) is 11.1 Å². The molecule has 0 aliphatic heterocycles. The van der Waals surface area contributed by atoms with Crippen LogP contribution in [0.5, 0.6) is 11.5 Å². The molecule has 2 aromatic carbocycles. The van der Waals surface area contributed by atoms with Crippen LogP contribution in [0.1, 0.15) is 11.1 Å². The lowest BCUT2D eigenvalue weighted by Gasteiger charge is -2.11. The van der Waals surface area contributed by atoms with Crippen LogP contribution in [0.15, 0.2) is 53.7 Å². The Morgan fingerprint density at radius 2 is 1.68 bits per heavy atom. The molecular weight excluding hydrogens is 302 g/mol. The predicted molar refractivity (Wildman–Crippen MR) is 88.9 cm³/mol. The summed E-state index contributed by atoms with van der Waals surface area (Å²) in [5.41, 5.74) is 2.19. The van der Waals surface area contributed by atoms with Gasteiger partial charge in [-0.25, -0.2) is 0 Å². The van der Waals surface area contributed by atoms with Crippen molar-refractivity contribution in [2.45, 2.75) is 0 Å². The molecule has 0 saturated carbocycles. The lowest BCUT2D eigenvalue weighted by atomic mass is 10.0. The first-order valence-electron chi connectivity index (χ1n) is 6.56. The summed E-state index contributed by atoms with van der Waals surface area (Å²) >= 11 is 6.49. The Balaban J connectivity index is 2.56. The monoisotopic (exact) mass is 317 g/mol. The number of hydrogen-bond acceptors (Lipinski definition) is 4. The first-order chi connectivity index (χ1) is 10.7. The number of oxime groups is 1. The lowest BCUT2D eigenvalue weighted by molar-refractivity contribution is 0.322. The molecule has 2 rings (SSSR count). The molecule has 5 heteroatoms. The Morgan fingerprint density at radius 3 is 2.27 bits per heavy atom. The zero-order valence-electron chi connectivity index (χ0n) is 12.3. The zero-order chi connectivity index (χ0) is 15.9. The maximum Gasteiger partial charge on any atom is 0.161 e. The summed E-state index contributed by atoms with van der Waals surface area (Å²) in [4.78, 5) is 0. The average molecular weight is 318 g/mol. The number of ether oxygens (including phenoxy) is 2. The first kappa shape index (κ1) is 15.9. The van der Waals surface area contributed by atoms with Gasteiger partial charge in [0.1, 0.15) is 0 Å². The maximum atomic E-state index is 8.91. The summed E-state index contributed by atoms with van der Waals surface area (Å²) in [5.74, 6) is 1.19. The molecule has 1 N–H and O–H groups in total. The highest BCUT2D eigenvalue weighted by molar-refractivity contribution is 6.56. The minimum Gasteiger partial charge on any atom is -0.493 e. The molecule has 0 saturated heterocycles. The van der Waals surface area contributed by atoms with E-state index in [2.05, 4.69) is 5.16 Å². The number of nitrogens with zero attached hydrogens (tertiary/aromatic N) is 1. The topological polar surface area (TPSA) is 51.0 Å². The smallest absolute Gasteiger partial charge is 0.161 e. The maximum absolute atomic E-state index is 8.91. The first-order valence-corrected chi connectivity index (χ1v) is 6.94. The summed E-state index contributed by atoms with van der Waals surface area (Å²) < 4.78 is 10.5. The SMILES string of the molecule is COc1ccc(C(Cl)=C(C=NO)c2ccccc2)cc1OC. The van der Waals surface area contributed by atoms with Gasteiger partial charge in [-0.15, -0.1) is 0 Å². The van der Waals surface area contributed by atoms with Gasteiger partial charge in [0.05, 0.1) is 25.5 Å². The molecule has 2 aromatic rings. The Bertz CT molecular complexity index is 696. The molecule has 22 heavy (non-hydrogen) atoms. The minimum absolute atomic E-state index is 0.449. The van der Waals surface area contributed by atoms with E-state index in [4.69, 9.17) is 26.3 Å². The highest BCUT2D eigenvalue weighted by Crippen LogP contribution is 2.34. The van der Waals surface area contributed by atoms with Crippen molar-refractivity contribution in [1.82, 2.24) is 0 Å². The van der Waals surface area contributed by atoms with E-state index in [1.807, 2.05) is 36.4 Å².